The molecule has 0 aromatic carbocycles. The molecule has 1 aliphatic rings. The molecule has 6 nitrogen and oxygen atoms in total. The summed E-state index contributed by atoms with van der Waals surface area (Å²) in [4.78, 5) is 0.348. The first kappa shape index (κ1) is 17.4. The van der Waals surface area contributed by atoms with E-state index in [1.54, 1.807) is 11.6 Å². The first-order valence-corrected chi connectivity index (χ1v) is 9.40. The fourth-order valence-corrected chi connectivity index (χ4v) is 4.91. The second-order valence-electron chi connectivity index (χ2n) is 6.13. The average molecular weight is 329 g/mol. The minimum atomic E-state index is -3.54. The van der Waals surface area contributed by atoms with Crippen LogP contribution in [0.2, 0.25) is 0 Å². The highest BCUT2D eigenvalue weighted by atomic mass is 32.2. The van der Waals surface area contributed by atoms with Crippen molar-refractivity contribution in [1.29, 1.82) is 0 Å². The highest BCUT2D eigenvalue weighted by Gasteiger charge is 2.32. The lowest BCUT2D eigenvalue weighted by Crippen LogP contribution is -2.37. The highest BCUT2D eigenvalue weighted by molar-refractivity contribution is 7.89. The summed E-state index contributed by atoms with van der Waals surface area (Å²) in [5, 5.41) is 4.40. The average Bonchev–Trinajstić information content (AvgIpc) is 3.03. The third kappa shape index (κ3) is 3.21. The molecule has 0 saturated carbocycles. The minimum Gasteiger partial charge on any atom is -0.377 e. The van der Waals surface area contributed by atoms with E-state index < -0.39 is 10.0 Å². The van der Waals surface area contributed by atoms with Crippen LogP contribution in [0.3, 0.4) is 0 Å². The molecular formula is C15H27N3O3S. The Labute approximate surface area is 133 Å². The summed E-state index contributed by atoms with van der Waals surface area (Å²) >= 11 is 0. The lowest BCUT2D eigenvalue weighted by atomic mass is 10.2. The molecule has 0 amide bonds. The summed E-state index contributed by atoms with van der Waals surface area (Å²) in [6, 6.07) is 0.135. The van der Waals surface area contributed by atoms with E-state index >= 15 is 0 Å². The van der Waals surface area contributed by atoms with Crippen LogP contribution in [0.1, 0.15) is 51.0 Å². The second-order valence-corrected chi connectivity index (χ2v) is 8.00. The van der Waals surface area contributed by atoms with Gasteiger partial charge in [-0.3, -0.25) is 4.68 Å². The van der Waals surface area contributed by atoms with Crippen LogP contribution >= 0.6 is 0 Å². The largest absolute Gasteiger partial charge is 0.377 e. The Bertz CT molecular complexity index is 616. The van der Waals surface area contributed by atoms with Gasteiger partial charge in [-0.1, -0.05) is 6.92 Å². The van der Waals surface area contributed by atoms with Crippen molar-refractivity contribution in [1.82, 2.24) is 14.1 Å². The maximum atomic E-state index is 13.0. The van der Waals surface area contributed by atoms with Crippen molar-refractivity contribution < 1.29 is 13.2 Å². The third-order valence-corrected chi connectivity index (χ3v) is 6.32. The van der Waals surface area contributed by atoms with Gasteiger partial charge in [0.1, 0.15) is 4.90 Å². The number of ether oxygens (including phenoxy) is 1. The van der Waals surface area contributed by atoms with E-state index in [1.165, 1.54) is 4.31 Å². The van der Waals surface area contributed by atoms with Gasteiger partial charge in [0.15, 0.2) is 0 Å². The third-order valence-electron chi connectivity index (χ3n) is 4.13. The van der Waals surface area contributed by atoms with Crippen LogP contribution < -0.4 is 0 Å². The molecule has 2 heterocycles. The molecule has 1 fully saturated rings. The molecule has 0 spiro atoms. The Morgan fingerprint density at radius 3 is 2.55 bits per heavy atom. The Morgan fingerprint density at radius 1 is 1.41 bits per heavy atom. The quantitative estimate of drug-likeness (QED) is 0.803. The number of sulfonamides is 1. The van der Waals surface area contributed by atoms with Crippen molar-refractivity contribution in [2.45, 2.75) is 64.5 Å². The molecule has 0 radical (unpaired) electrons. The van der Waals surface area contributed by atoms with Crippen LogP contribution in [0, 0.1) is 13.8 Å². The topological polar surface area (TPSA) is 64.4 Å². The normalized spacial score (nSPS) is 19.5. The number of likely N-dealkylation sites (N-methyl/N-ethyl adjacent to an activating group) is 1. The van der Waals surface area contributed by atoms with Crippen LogP contribution in [0.4, 0.5) is 0 Å². The van der Waals surface area contributed by atoms with E-state index in [4.69, 9.17) is 4.74 Å². The Kier molecular flexibility index (Phi) is 5.29. The van der Waals surface area contributed by atoms with Crippen molar-refractivity contribution >= 4 is 10.0 Å². The molecule has 7 heteroatoms. The smallest absolute Gasteiger partial charge is 0.246 e. The molecule has 2 rings (SSSR count). The number of rotatable bonds is 6. The van der Waals surface area contributed by atoms with Gasteiger partial charge in [0.05, 0.1) is 17.5 Å². The number of aromatic nitrogens is 2. The van der Waals surface area contributed by atoms with Crippen molar-refractivity contribution in [3.05, 3.63) is 11.4 Å². The van der Waals surface area contributed by atoms with Crippen LogP contribution in [0.15, 0.2) is 4.90 Å². The van der Waals surface area contributed by atoms with Gasteiger partial charge in [0.25, 0.3) is 0 Å². The van der Waals surface area contributed by atoms with E-state index in [9.17, 15) is 8.42 Å². The molecule has 0 N–H and O–H groups in total. The molecule has 1 aromatic rings. The molecule has 0 aliphatic carbocycles. The van der Waals surface area contributed by atoms with Crippen LogP contribution in [-0.2, 0) is 14.8 Å². The Hall–Kier alpha value is -0.920. The number of hydrogen-bond donors (Lipinski definition) is 0. The van der Waals surface area contributed by atoms with Crippen molar-refractivity contribution in [2.75, 3.05) is 19.7 Å². The van der Waals surface area contributed by atoms with Gasteiger partial charge in [-0.05, 0) is 40.5 Å². The van der Waals surface area contributed by atoms with E-state index in [0.29, 0.717) is 29.4 Å². The van der Waals surface area contributed by atoms with Crippen molar-refractivity contribution in [3.63, 3.8) is 0 Å². The molecule has 1 aliphatic heterocycles. The summed E-state index contributed by atoms with van der Waals surface area (Å²) in [7, 11) is -3.54. The van der Waals surface area contributed by atoms with Crippen LogP contribution in [0.5, 0.6) is 0 Å². The van der Waals surface area contributed by atoms with Gasteiger partial charge < -0.3 is 4.74 Å². The number of aryl methyl sites for hydroxylation is 1. The van der Waals surface area contributed by atoms with E-state index in [2.05, 4.69) is 5.10 Å². The molecule has 1 aromatic heterocycles. The van der Waals surface area contributed by atoms with Crippen molar-refractivity contribution in [2.24, 2.45) is 0 Å². The molecule has 0 bridgehead atoms. The molecule has 126 valence electrons. The maximum Gasteiger partial charge on any atom is 0.246 e. The van der Waals surface area contributed by atoms with Crippen molar-refractivity contribution in [3.8, 4) is 0 Å². The first-order valence-electron chi connectivity index (χ1n) is 7.96. The van der Waals surface area contributed by atoms with Gasteiger partial charge in [0, 0.05) is 25.7 Å². The zero-order chi connectivity index (χ0) is 16.5. The Morgan fingerprint density at radius 2 is 2.09 bits per heavy atom. The molecule has 1 unspecified atom stereocenters. The standard InChI is InChI=1S/C15H27N3O3S/c1-6-17(10-14-8-7-9-21-14)22(19,20)15-12(4)16-18(11(2)3)13(15)5/h11,14H,6-10H2,1-5H3. The molecular weight excluding hydrogens is 302 g/mol. The van der Waals surface area contributed by atoms with Crippen LogP contribution in [-0.4, -0.2) is 48.3 Å². The van der Waals surface area contributed by atoms with Gasteiger partial charge in [0.2, 0.25) is 10.0 Å². The molecule has 1 atom stereocenters. The highest BCUT2D eigenvalue weighted by Crippen LogP contribution is 2.26. The van der Waals surface area contributed by atoms with Gasteiger partial charge in [-0.25, -0.2) is 8.42 Å². The summed E-state index contributed by atoms with van der Waals surface area (Å²) in [6.07, 6.45) is 1.94. The summed E-state index contributed by atoms with van der Waals surface area (Å²) < 4.78 is 35.0. The predicted molar refractivity (Wildman–Crippen MR) is 85.5 cm³/mol. The zero-order valence-electron chi connectivity index (χ0n) is 14.2. The first-order chi connectivity index (χ1) is 10.3. The predicted octanol–water partition coefficient (Wildman–Crippen LogP) is 2.27. The monoisotopic (exact) mass is 329 g/mol. The lowest BCUT2D eigenvalue weighted by molar-refractivity contribution is 0.0946. The molecule has 22 heavy (non-hydrogen) atoms. The van der Waals surface area contributed by atoms with E-state index in [1.807, 2.05) is 27.7 Å². The van der Waals surface area contributed by atoms with E-state index in [-0.39, 0.29) is 12.1 Å². The lowest BCUT2D eigenvalue weighted by Gasteiger charge is -2.23. The minimum absolute atomic E-state index is 0.00970. The SMILES string of the molecule is CCN(CC1CCCO1)S(=O)(=O)c1c(C)nn(C(C)C)c1C. The zero-order valence-corrected chi connectivity index (χ0v) is 15.0. The fourth-order valence-electron chi connectivity index (χ4n) is 3.07. The Balaban J connectivity index is 2.35. The fraction of sp³-hybridized carbons (Fsp3) is 0.800. The van der Waals surface area contributed by atoms with Crippen LogP contribution in [0.25, 0.3) is 0 Å². The summed E-state index contributed by atoms with van der Waals surface area (Å²) in [5.41, 5.74) is 1.27. The van der Waals surface area contributed by atoms with Gasteiger partial charge in [-0.2, -0.15) is 9.40 Å². The number of hydrogen-bond acceptors (Lipinski definition) is 4. The summed E-state index contributed by atoms with van der Waals surface area (Å²) in [6.45, 7) is 11.0. The number of nitrogens with zero attached hydrogens (tertiary/aromatic N) is 3. The second kappa shape index (κ2) is 6.68. The molecule has 1 saturated heterocycles. The van der Waals surface area contributed by atoms with Gasteiger partial charge in [-0.15, -0.1) is 0 Å². The van der Waals surface area contributed by atoms with Gasteiger partial charge >= 0.3 is 0 Å². The summed E-state index contributed by atoms with van der Waals surface area (Å²) in [5.74, 6) is 0. The van der Waals surface area contributed by atoms with E-state index in [0.717, 1.165) is 19.4 Å². The maximum absolute atomic E-state index is 13.0.